The first kappa shape index (κ1) is 11.0. The molecule has 1 atom stereocenters. The lowest BCUT2D eigenvalue weighted by Gasteiger charge is -2.24. The lowest BCUT2D eigenvalue weighted by molar-refractivity contribution is -0.116. The van der Waals surface area contributed by atoms with E-state index in [0.717, 1.165) is 16.3 Å². The van der Waals surface area contributed by atoms with Gasteiger partial charge in [-0.25, -0.2) is 0 Å². The number of hydrogen-bond acceptors (Lipinski definition) is 3. The molecular formula is C14H14N2O2. The van der Waals surface area contributed by atoms with Gasteiger partial charge in [-0.15, -0.1) is 0 Å². The minimum absolute atomic E-state index is 0.0137. The van der Waals surface area contributed by atoms with Crippen molar-refractivity contribution in [3.63, 3.8) is 0 Å². The third-order valence-electron chi connectivity index (χ3n) is 3.35. The van der Waals surface area contributed by atoms with Gasteiger partial charge in [0, 0.05) is 17.4 Å². The van der Waals surface area contributed by atoms with Crippen molar-refractivity contribution in [1.82, 2.24) is 4.98 Å². The van der Waals surface area contributed by atoms with E-state index in [4.69, 9.17) is 4.74 Å². The Balaban J connectivity index is 2.37. The Morgan fingerprint density at radius 1 is 1.33 bits per heavy atom. The fraction of sp³-hybridized carbons (Fsp3) is 0.286. The molecule has 1 amide bonds. The van der Waals surface area contributed by atoms with Gasteiger partial charge in [0.1, 0.15) is 5.82 Å². The van der Waals surface area contributed by atoms with Gasteiger partial charge < -0.3 is 10.1 Å². The number of carbonyl (C=O) groups is 1. The van der Waals surface area contributed by atoms with Crippen LogP contribution in [-0.4, -0.2) is 18.0 Å². The van der Waals surface area contributed by atoms with Crippen molar-refractivity contribution in [2.45, 2.75) is 19.3 Å². The molecule has 3 rings (SSSR count). The van der Waals surface area contributed by atoms with Crippen molar-refractivity contribution in [1.29, 1.82) is 0 Å². The van der Waals surface area contributed by atoms with Crippen molar-refractivity contribution in [3.8, 4) is 5.88 Å². The number of pyridine rings is 1. The highest BCUT2D eigenvalue weighted by Crippen LogP contribution is 2.39. The van der Waals surface area contributed by atoms with Crippen LogP contribution >= 0.6 is 0 Å². The Hall–Kier alpha value is -2.10. The Morgan fingerprint density at radius 2 is 2.06 bits per heavy atom. The van der Waals surface area contributed by atoms with Gasteiger partial charge in [-0.05, 0) is 17.4 Å². The second-order valence-electron chi connectivity index (χ2n) is 4.58. The summed E-state index contributed by atoms with van der Waals surface area (Å²) < 4.78 is 5.30. The Bertz CT molecular complexity index is 637. The number of nitrogens with zero attached hydrogens (tertiary/aromatic N) is 1. The lowest BCUT2D eigenvalue weighted by Crippen LogP contribution is -2.23. The SMILES string of the molecule is COc1nc2c(c3ccccc13)C(C)CC(=O)N2. The Labute approximate surface area is 105 Å². The number of benzene rings is 1. The molecular weight excluding hydrogens is 228 g/mol. The van der Waals surface area contributed by atoms with Gasteiger partial charge in [0.15, 0.2) is 0 Å². The first-order valence-electron chi connectivity index (χ1n) is 5.97. The highest BCUT2D eigenvalue weighted by molar-refractivity contribution is 6.00. The lowest BCUT2D eigenvalue weighted by atomic mass is 9.90. The number of aromatic nitrogens is 1. The van der Waals surface area contributed by atoms with E-state index in [2.05, 4.69) is 17.2 Å². The largest absolute Gasteiger partial charge is 0.480 e. The smallest absolute Gasteiger partial charge is 0.226 e. The normalized spacial score (nSPS) is 18.3. The summed E-state index contributed by atoms with van der Waals surface area (Å²) in [5.41, 5.74) is 1.10. The monoisotopic (exact) mass is 242 g/mol. The first-order valence-corrected chi connectivity index (χ1v) is 5.97. The molecule has 18 heavy (non-hydrogen) atoms. The Kier molecular flexibility index (Phi) is 2.44. The van der Waals surface area contributed by atoms with Crippen LogP contribution in [0.25, 0.3) is 10.8 Å². The predicted octanol–water partition coefficient (Wildman–Crippen LogP) is 2.69. The molecule has 0 bridgehead atoms. The molecule has 4 heteroatoms. The van der Waals surface area contributed by atoms with E-state index in [1.54, 1.807) is 7.11 Å². The van der Waals surface area contributed by atoms with Crippen molar-refractivity contribution in [3.05, 3.63) is 29.8 Å². The third-order valence-corrected chi connectivity index (χ3v) is 3.35. The maximum absolute atomic E-state index is 11.6. The average Bonchev–Trinajstić information content (AvgIpc) is 2.36. The molecule has 0 fully saturated rings. The molecule has 1 aliphatic heterocycles. The molecule has 4 nitrogen and oxygen atoms in total. The summed E-state index contributed by atoms with van der Waals surface area (Å²) in [7, 11) is 1.59. The number of fused-ring (bicyclic) bond motifs is 3. The molecule has 92 valence electrons. The number of ether oxygens (including phenoxy) is 1. The summed E-state index contributed by atoms with van der Waals surface area (Å²) in [5, 5.41) is 4.92. The minimum atomic E-state index is 0.0137. The number of nitrogens with one attached hydrogen (secondary N) is 1. The van der Waals surface area contributed by atoms with E-state index in [-0.39, 0.29) is 11.8 Å². The van der Waals surface area contributed by atoms with E-state index < -0.39 is 0 Å². The van der Waals surface area contributed by atoms with Gasteiger partial charge in [0.25, 0.3) is 0 Å². The molecule has 0 saturated carbocycles. The second-order valence-corrected chi connectivity index (χ2v) is 4.58. The quantitative estimate of drug-likeness (QED) is 0.836. The van der Waals surface area contributed by atoms with Crippen LogP contribution in [-0.2, 0) is 4.79 Å². The highest BCUT2D eigenvalue weighted by atomic mass is 16.5. The summed E-state index contributed by atoms with van der Waals surface area (Å²) in [6.45, 7) is 2.05. The van der Waals surface area contributed by atoms with E-state index in [0.29, 0.717) is 18.1 Å². The van der Waals surface area contributed by atoms with E-state index in [1.807, 2.05) is 24.3 Å². The molecule has 0 spiro atoms. The van der Waals surface area contributed by atoms with Gasteiger partial charge >= 0.3 is 0 Å². The molecule has 2 heterocycles. The topological polar surface area (TPSA) is 51.2 Å². The fourth-order valence-electron chi connectivity index (χ4n) is 2.57. The average molecular weight is 242 g/mol. The van der Waals surface area contributed by atoms with Crippen LogP contribution in [0.3, 0.4) is 0 Å². The molecule has 1 aromatic heterocycles. The maximum atomic E-state index is 11.6. The fourth-order valence-corrected chi connectivity index (χ4v) is 2.57. The van der Waals surface area contributed by atoms with Gasteiger partial charge in [0.05, 0.1) is 7.11 Å². The summed E-state index contributed by atoms with van der Waals surface area (Å²) in [4.78, 5) is 16.0. The summed E-state index contributed by atoms with van der Waals surface area (Å²) in [6, 6.07) is 7.99. The molecule has 0 radical (unpaired) electrons. The van der Waals surface area contributed by atoms with Gasteiger partial charge in [-0.2, -0.15) is 4.98 Å². The number of anilines is 1. The van der Waals surface area contributed by atoms with E-state index >= 15 is 0 Å². The van der Waals surface area contributed by atoms with Crippen LogP contribution in [0.2, 0.25) is 0 Å². The third kappa shape index (κ3) is 1.53. The zero-order valence-electron chi connectivity index (χ0n) is 10.4. The van der Waals surface area contributed by atoms with Crippen LogP contribution in [0.15, 0.2) is 24.3 Å². The second kappa shape index (κ2) is 3.98. The standard InChI is InChI=1S/C14H14N2O2/c1-8-7-11(17)15-13-12(8)9-5-3-4-6-10(9)14(16-13)18-2/h3-6,8H,7H2,1-2H3,(H,15,16,17). The number of amides is 1. The molecule has 1 aromatic carbocycles. The number of methoxy groups -OCH3 is 1. The van der Waals surface area contributed by atoms with Crippen LogP contribution < -0.4 is 10.1 Å². The zero-order chi connectivity index (χ0) is 12.7. The summed E-state index contributed by atoms with van der Waals surface area (Å²) in [5.74, 6) is 1.38. The van der Waals surface area contributed by atoms with Gasteiger partial charge in [-0.3, -0.25) is 4.79 Å². The maximum Gasteiger partial charge on any atom is 0.226 e. The van der Waals surface area contributed by atoms with Crippen LogP contribution in [0.1, 0.15) is 24.8 Å². The van der Waals surface area contributed by atoms with Crippen molar-refractivity contribution < 1.29 is 9.53 Å². The molecule has 0 aliphatic carbocycles. The predicted molar refractivity (Wildman–Crippen MR) is 70.0 cm³/mol. The van der Waals surface area contributed by atoms with Gasteiger partial charge in [-0.1, -0.05) is 25.1 Å². The van der Waals surface area contributed by atoms with Crippen molar-refractivity contribution >= 4 is 22.5 Å². The minimum Gasteiger partial charge on any atom is -0.480 e. The van der Waals surface area contributed by atoms with Gasteiger partial charge in [0.2, 0.25) is 11.8 Å². The summed E-state index contributed by atoms with van der Waals surface area (Å²) >= 11 is 0. The highest BCUT2D eigenvalue weighted by Gasteiger charge is 2.26. The van der Waals surface area contributed by atoms with Crippen LogP contribution in [0.5, 0.6) is 5.88 Å². The molecule has 0 saturated heterocycles. The zero-order valence-corrected chi connectivity index (χ0v) is 10.4. The Morgan fingerprint density at radius 3 is 2.78 bits per heavy atom. The van der Waals surface area contributed by atoms with Crippen LogP contribution in [0.4, 0.5) is 5.82 Å². The molecule has 2 aromatic rings. The van der Waals surface area contributed by atoms with Crippen molar-refractivity contribution in [2.75, 3.05) is 12.4 Å². The molecule has 1 N–H and O–H groups in total. The van der Waals surface area contributed by atoms with E-state index in [9.17, 15) is 4.79 Å². The van der Waals surface area contributed by atoms with Crippen LogP contribution in [0, 0.1) is 0 Å². The van der Waals surface area contributed by atoms with Crippen molar-refractivity contribution in [2.24, 2.45) is 0 Å². The number of carbonyl (C=O) groups excluding carboxylic acids is 1. The molecule has 1 unspecified atom stereocenters. The summed E-state index contributed by atoms with van der Waals surface area (Å²) in [6.07, 6.45) is 0.505. The number of rotatable bonds is 1. The molecule has 1 aliphatic rings. The van der Waals surface area contributed by atoms with E-state index in [1.165, 1.54) is 0 Å². The first-order chi connectivity index (χ1) is 8.70. The number of hydrogen-bond donors (Lipinski definition) is 1.